The number of nitrogens with zero attached hydrogens (tertiary/aromatic N) is 2. The van der Waals surface area contributed by atoms with Gasteiger partial charge in [-0.25, -0.2) is 18.2 Å². The van der Waals surface area contributed by atoms with Gasteiger partial charge in [-0.2, -0.15) is 5.10 Å². The largest absolute Gasteiger partial charge is 0.271 e. The number of sulfonamides is 1. The van der Waals surface area contributed by atoms with Crippen LogP contribution in [0.4, 0.5) is 10.1 Å². The van der Waals surface area contributed by atoms with Crippen LogP contribution in [-0.4, -0.2) is 26.6 Å². The fourth-order valence-corrected chi connectivity index (χ4v) is 4.42. The smallest absolute Gasteiger partial charge is 0.264 e. The van der Waals surface area contributed by atoms with Gasteiger partial charge in [-0.15, -0.1) is 0 Å². The number of amides is 1. The van der Waals surface area contributed by atoms with Gasteiger partial charge in [0.2, 0.25) is 0 Å². The Hall–Kier alpha value is -3.04. The van der Waals surface area contributed by atoms with Crippen molar-refractivity contribution in [2.45, 2.75) is 11.8 Å². The summed E-state index contributed by atoms with van der Waals surface area (Å²) in [6.07, 6.45) is 0. The highest BCUT2D eigenvalue weighted by Crippen LogP contribution is 2.25. The lowest BCUT2D eigenvalue weighted by atomic mass is 10.1. The van der Waals surface area contributed by atoms with Crippen LogP contribution in [-0.2, 0) is 14.8 Å². The second-order valence-corrected chi connectivity index (χ2v) is 9.32. The van der Waals surface area contributed by atoms with Crippen molar-refractivity contribution in [1.82, 2.24) is 5.43 Å². The topological polar surface area (TPSA) is 78.8 Å². The molecule has 3 aromatic rings. The van der Waals surface area contributed by atoms with Gasteiger partial charge >= 0.3 is 0 Å². The molecule has 0 atom stereocenters. The number of nitrogens with one attached hydrogen (secondary N) is 1. The van der Waals surface area contributed by atoms with Gasteiger partial charge in [0, 0.05) is 4.47 Å². The van der Waals surface area contributed by atoms with Gasteiger partial charge in [0.15, 0.2) is 0 Å². The van der Waals surface area contributed by atoms with E-state index < -0.39 is 22.5 Å². The van der Waals surface area contributed by atoms with Crippen LogP contribution in [0.3, 0.4) is 0 Å². The van der Waals surface area contributed by atoms with Crippen molar-refractivity contribution in [2.24, 2.45) is 5.10 Å². The molecule has 0 saturated carbocycles. The number of carbonyl (C=O) groups excluding carboxylic acids is 1. The van der Waals surface area contributed by atoms with Crippen LogP contribution in [0.15, 0.2) is 93.3 Å². The molecule has 0 aliphatic heterocycles. The Morgan fingerprint density at radius 3 is 2.23 bits per heavy atom. The van der Waals surface area contributed by atoms with E-state index in [0.29, 0.717) is 17.0 Å². The number of hydrogen-bond acceptors (Lipinski definition) is 4. The molecule has 1 amide bonds. The Morgan fingerprint density at radius 1 is 1.00 bits per heavy atom. The lowest BCUT2D eigenvalue weighted by Crippen LogP contribution is -2.39. The van der Waals surface area contributed by atoms with E-state index in [-0.39, 0.29) is 10.7 Å². The molecule has 0 bridgehead atoms. The number of halogens is 2. The first-order valence-corrected chi connectivity index (χ1v) is 11.4. The molecular weight excluding hydrogens is 485 g/mol. The highest BCUT2D eigenvalue weighted by molar-refractivity contribution is 9.10. The molecule has 0 radical (unpaired) electrons. The van der Waals surface area contributed by atoms with Crippen LogP contribution in [0.5, 0.6) is 0 Å². The summed E-state index contributed by atoms with van der Waals surface area (Å²) in [7, 11) is -3.99. The average Bonchev–Trinajstić information content (AvgIpc) is 2.77. The van der Waals surface area contributed by atoms with Gasteiger partial charge in [0.1, 0.15) is 12.4 Å². The lowest BCUT2D eigenvalue weighted by molar-refractivity contribution is -0.119. The van der Waals surface area contributed by atoms with Crippen LogP contribution >= 0.6 is 15.9 Å². The molecule has 0 heterocycles. The van der Waals surface area contributed by atoms with Crippen molar-refractivity contribution in [2.75, 3.05) is 10.8 Å². The van der Waals surface area contributed by atoms with E-state index in [1.165, 1.54) is 36.4 Å². The van der Waals surface area contributed by atoms with Gasteiger partial charge in [-0.1, -0.05) is 46.3 Å². The minimum absolute atomic E-state index is 0.0664. The zero-order chi connectivity index (χ0) is 22.4. The zero-order valence-electron chi connectivity index (χ0n) is 16.5. The molecule has 0 unspecified atom stereocenters. The van der Waals surface area contributed by atoms with Crippen molar-refractivity contribution >= 4 is 43.3 Å². The molecule has 0 aliphatic rings. The molecule has 0 fully saturated rings. The van der Waals surface area contributed by atoms with Crippen molar-refractivity contribution in [3.63, 3.8) is 0 Å². The van der Waals surface area contributed by atoms with Gasteiger partial charge in [0.05, 0.1) is 16.3 Å². The first kappa shape index (κ1) is 22.6. The molecule has 0 spiro atoms. The minimum Gasteiger partial charge on any atom is -0.271 e. The van der Waals surface area contributed by atoms with E-state index in [1.54, 1.807) is 49.4 Å². The second kappa shape index (κ2) is 9.84. The van der Waals surface area contributed by atoms with Crippen molar-refractivity contribution < 1.29 is 17.6 Å². The van der Waals surface area contributed by atoms with Crippen LogP contribution < -0.4 is 9.73 Å². The Kier molecular flexibility index (Phi) is 7.19. The third-order valence-electron chi connectivity index (χ3n) is 4.34. The van der Waals surface area contributed by atoms with Crippen LogP contribution in [0.1, 0.15) is 12.5 Å². The maximum atomic E-state index is 13.2. The SMILES string of the molecule is C/C(=N/NC(=O)CN(c1ccc(Br)cc1)S(=O)(=O)c1ccccc1)c1ccc(F)cc1. The molecule has 0 aliphatic carbocycles. The van der Waals surface area contributed by atoms with Crippen LogP contribution in [0, 0.1) is 5.82 Å². The fraction of sp³-hybridized carbons (Fsp3) is 0.0909. The standard InChI is InChI=1S/C22H19BrFN3O3S/c1-16(17-7-11-19(24)12-8-17)25-26-22(28)15-27(20-13-9-18(23)10-14-20)31(29,30)21-5-3-2-4-6-21/h2-14H,15H2,1H3,(H,26,28)/b25-16-. The second-order valence-electron chi connectivity index (χ2n) is 6.54. The van der Waals surface area contributed by atoms with E-state index in [9.17, 15) is 17.6 Å². The molecule has 9 heteroatoms. The Bertz CT molecular complexity index is 1180. The summed E-state index contributed by atoms with van der Waals surface area (Å²) in [5, 5.41) is 4.01. The molecule has 1 N–H and O–H groups in total. The maximum Gasteiger partial charge on any atom is 0.264 e. The molecular formula is C22H19BrFN3O3S. The summed E-state index contributed by atoms with van der Waals surface area (Å²) >= 11 is 3.32. The number of hydrogen-bond donors (Lipinski definition) is 1. The van der Waals surface area contributed by atoms with Crippen LogP contribution in [0.2, 0.25) is 0 Å². The summed E-state index contributed by atoms with van der Waals surface area (Å²) in [5.41, 5.74) is 3.79. The fourth-order valence-electron chi connectivity index (χ4n) is 2.71. The van der Waals surface area contributed by atoms with Gasteiger partial charge < -0.3 is 0 Å². The Labute approximate surface area is 188 Å². The number of rotatable bonds is 7. The van der Waals surface area contributed by atoms with E-state index in [1.807, 2.05) is 0 Å². The summed E-state index contributed by atoms with van der Waals surface area (Å²) < 4.78 is 41.3. The van der Waals surface area contributed by atoms with Crippen molar-refractivity contribution in [1.29, 1.82) is 0 Å². The molecule has 0 aromatic heterocycles. The highest BCUT2D eigenvalue weighted by Gasteiger charge is 2.27. The quantitative estimate of drug-likeness (QED) is 0.385. The summed E-state index contributed by atoms with van der Waals surface area (Å²) in [6.45, 7) is 1.18. The molecule has 3 rings (SSSR count). The molecule has 0 saturated heterocycles. The zero-order valence-corrected chi connectivity index (χ0v) is 18.9. The molecule has 3 aromatic carbocycles. The third-order valence-corrected chi connectivity index (χ3v) is 6.66. The first-order valence-electron chi connectivity index (χ1n) is 9.20. The minimum atomic E-state index is -3.99. The number of anilines is 1. The average molecular weight is 504 g/mol. The van der Waals surface area contributed by atoms with E-state index in [0.717, 1.165) is 8.78 Å². The van der Waals surface area contributed by atoms with Gasteiger partial charge in [-0.05, 0) is 61.0 Å². The Balaban J connectivity index is 1.84. The summed E-state index contributed by atoms with van der Waals surface area (Å²) in [4.78, 5) is 12.6. The molecule has 160 valence electrons. The number of carbonyl (C=O) groups is 1. The highest BCUT2D eigenvalue weighted by atomic mass is 79.9. The predicted molar refractivity (Wildman–Crippen MR) is 122 cm³/mol. The van der Waals surface area contributed by atoms with Crippen molar-refractivity contribution in [3.05, 3.63) is 94.7 Å². The lowest BCUT2D eigenvalue weighted by Gasteiger charge is -2.23. The Morgan fingerprint density at radius 2 is 1.61 bits per heavy atom. The maximum absolute atomic E-state index is 13.2. The van der Waals surface area contributed by atoms with Gasteiger partial charge in [0.25, 0.3) is 15.9 Å². The summed E-state index contributed by atoms with van der Waals surface area (Å²) in [6, 6.07) is 20.1. The molecule has 31 heavy (non-hydrogen) atoms. The van der Waals surface area contributed by atoms with E-state index in [2.05, 4.69) is 26.5 Å². The van der Waals surface area contributed by atoms with Crippen LogP contribution in [0.25, 0.3) is 0 Å². The van der Waals surface area contributed by atoms with Crippen molar-refractivity contribution in [3.8, 4) is 0 Å². The number of hydrazone groups is 1. The number of benzene rings is 3. The monoisotopic (exact) mass is 503 g/mol. The third kappa shape index (κ3) is 5.77. The summed E-state index contributed by atoms with van der Waals surface area (Å²) in [5.74, 6) is -0.999. The van der Waals surface area contributed by atoms with E-state index in [4.69, 9.17) is 0 Å². The predicted octanol–water partition coefficient (Wildman–Crippen LogP) is 4.32. The normalized spacial score (nSPS) is 11.8. The van der Waals surface area contributed by atoms with E-state index >= 15 is 0 Å². The first-order chi connectivity index (χ1) is 14.8. The van der Waals surface area contributed by atoms with Gasteiger partial charge in [-0.3, -0.25) is 9.10 Å². The molecule has 6 nitrogen and oxygen atoms in total.